The van der Waals surface area contributed by atoms with Crippen molar-refractivity contribution in [2.24, 2.45) is 0 Å². The van der Waals surface area contributed by atoms with Crippen molar-refractivity contribution in [2.45, 2.75) is 24.7 Å². The molecule has 7 nitrogen and oxygen atoms in total. The molecule has 0 saturated heterocycles. The van der Waals surface area contributed by atoms with Crippen LogP contribution in [0.2, 0.25) is 5.02 Å². The van der Waals surface area contributed by atoms with Gasteiger partial charge in [-0.15, -0.1) is 0 Å². The minimum absolute atomic E-state index is 0.0981. The van der Waals surface area contributed by atoms with E-state index >= 15 is 0 Å². The summed E-state index contributed by atoms with van der Waals surface area (Å²) < 4.78 is 52.7. The first-order valence-corrected chi connectivity index (χ1v) is 10.3. The quantitative estimate of drug-likeness (QED) is 0.506. The number of aromatic nitrogens is 2. The van der Waals surface area contributed by atoms with Crippen LogP contribution in [0.4, 0.5) is 24.7 Å². The Morgan fingerprint density at radius 1 is 1.12 bits per heavy atom. The highest BCUT2D eigenvalue weighted by Crippen LogP contribution is 2.43. The van der Waals surface area contributed by atoms with Crippen molar-refractivity contribution < 1.29 is 27.4 Å². The van der Waals surface area contributed by atoms with Crippen molar-refractivity contribution in [3.05, 3.63) is 64.8 Å². The van der Waals surface area contributed by atoms with Gasteiger partial charge in [0.15, 0.2) is 23.2 Å². The Bertz CT molecular complexity index is 1160. The van der Waals surface area contributed by atoms with Crippen LogP contribution in [0.1, 0.15) is 34.6 Å². The normalized spacial score (nSPS) is 17.6. The van der Waals surface area contributed by atoms with Gasteiger partial charge in [0.2, 0.25) is 0 Å². The lowest BCUT2D eigenvalue weighted by atomic mass is 9.97. The number of nitrogens with zero attached hydrogens (tertiary/aromatic N) is 2. The summed E-state index contributed by atoms with van der Waals surface area (Å²) in [7, 11) is 2.93. The van der Waals surface area contributed by atoms with Gasteiger partial charge in [-0.1, -0.05) is 23.7 Å². The van der Waals surface area contributed by atoms with Gasteiger partial charge in [0.1, 0.15) is 5.82 Å². The molecular formula is C22H20ClF3N4O3. The molecule has 11 heteroatoms. The van der Waals surface area contributed by atoms with E-state index in [4.69, 9.17) is 21.1 Å². The molecule has 1 aromatic heterocycles. The van der Waals surface area contributed by atoms with Crippen LogP contribution in [0.3, 0.4) is 0 Å². The van der Waals surface area contributed by atoms with Crippen LogP contribution >= 0.6 is 11.6 Å². The van der Waals surface area contributed by atoms with E-state index in [0.29, 0.717) is 27.8 Å². The molecule has 2 atom stereocenters. The lowest BCUT2D eigenvalue weighted by molar-refractivity contribution is -0.173. The second kappa shape index (κ2) is 8.86. The van der Waals surface area contributed by atoms with Gasteiger partial charge < -0.3 is 20.1 Å². The molecule has 0 unspecified atom stereocenters. The van der Waals surface area contributed by atoms with Crippen molar-refractivity contribution in [3.8, 4) is 11.5 Å². The average Bonchev–Trinajstić information content (AvgIpc) is 3.22. The SMILES string of the molecule is COc1ccc(NC(=O)c2cc3n(n2)[C@H](C(F)(F)F)C[C@@H](c2ccc(Cl)cc2)N3)cc1OC. The predicted molar refractivity (Wildman–Crippen MR) is 117 cm³/mol. The molecule has 0 saturated carbocycles. The highest BCUT2D eigenvalue weighted by molar-refractivity contribution is 6.30. The number of rotatable bonds is 5. The third-order valence-corrected chi connectivity index (χ3v) is 5.59. The maximum Gasteiger partial charge on any atom is 0.410 e. The molecule has 1 aliphatic rings. The average molecular weight is 481 g/mol. The van der Waals surface area contributed by atoms with Crippen molar-refractivity contribution in [1.82, 2.24) is 9.78 Å². The number of halogens is 4. The van der Waals surface area contributed by atoms with E-state index < -0.39 is 24.2 Å². The number of methoxy groups -OCH3 is 2. The molecule has 33 heavy (non-hydrogen) atoms. The first-order valence-electron chi connectivity index (χ1n) is 9.91. The standard InChI is InChI=1S/C22H20ClF3N4O3/c1-32-17-8-7-14(9-18(17)33-2)27-21(31)16-11-20-28-15(12-3-5-13(23)6-4-12)10-19(22(24,25)26)30(20)29-16/h3-9,11,15,19,28H,10H2,1-2H3,(H,27,31)/t15-,19-/m0/s1. The lowest BCUT2D eigenvalue weighted by Crippen LogP contribution is -2.35. The first kappa shape index (κ1) is 22.8. The van der Waals surface area contributed by atoms with E-state index in [-0.39, 0.29) is 17.9 Å². The summed E-state index contributed by atoms with van der Waals surface area (Å²) in [6.07, 6.45) is -4.83. The summed E-state index contributed by atoms with van der Waals surface area (Å²) in [4.78, 5) is 12.7. The number of hydrogen-bond donors (Lipinski definition) is 2. The number of nitrogens with one attached hydrogen (secondary N) is 2. The Morgan fingerprint density at radius 2 is 1.82 bits per heavy atom. The van der Waals surface area contributed by atoms with Crippen LogP contribution in [0.15, 0.2) is 48.5 Å². The van der Waals surface area contributed by atoms with Gasteiger partial charge in [0, 0.05) is 29.3 Å². The molecule has 3 aromatic rings. The maximum atomic E-state index is 13.8. The second-order valence-electron chi connectivity index (χ2n) is 7.42. The highest BCUT2D eigenvalue weighted by Gasteiger charge is 2.46. The van der Waals surface area contributed by atoms with Gasteiger partial charge in [0.25, 0.3) is 5.91 Å². The fourth-order valence-electron chi connectivity index (χ4n) is 3.71. The monoisotopic (exact) mass is 480 g/mol. The fourth-order valence-corrected chi connectivity index (χ4v) is 3.83. The third-order valence-electron chi connectivity index (χ3n) is 5.34. The minimum Gasteiger partial charge on any atom is -0.493 e. The van der Waals surface area contributed by atoms with E-state index in [2.05, 4.69) is 15.7 Å². The Morgan fingerprint density at radius 3 is 2.45 bits per heavy atom. The summed E-state index contributed by atoms with van der Waals surface area (Å²) in [5.74, 6) is 0.304. The number of ether oxygens (including phenoxy) is 2. The minimum atomic E-state index is -4.55. The number of benzene rings is 2. The zero-order valence-electron chi connectivity index (χ0n) is 17.6. The predicted octanol–water partition coefficient (Wildman–Crippen LogP) is 5.47. The Kier molecular flexibility index (Phi) is 6.11. The summed E-state index contributed by atoms with van der Waals surface area (Å²) in [5, 5.41) is 10.1. The smallest absolute Gasteiger partial charge is 0.410 e. The van der Waals surface area contributed by atoms with Crippen LogP contribution in [-0.2, 0) is 0 Å². The molecule has 0 fully saturated rings. The molecule has 0 spiro atoms. The molecule has 1 aliphatic heterocycles. The van der Waals surface area contributed by atoms with Gasteiger partial charge in [-0.25, -0.2) is 4.68 Å². The van der Waals surface area contributed by atoms with Gasteiger partial charge in [-0.2, -0.15) is 18.3 Å². The van der Waals surface area contributed by atoms with E-state index in [1.807, 2.05) is 0 Å². The van der Waals surface area contributed by atoms with Crippen LogP contribution < -0.4 is 20.1 Å². The number of hydrogen-bond acceptors (Lipinski definition) is 5. The van der Waals surface area contributed by atoms with Crippen molar-refractivity contribution in [3.63, 3.8) is 0 Å². The number of alkyl halides is 3. The molecule has 0 aliphatic carbocycles. The molecular weight excluding hydrogens is 461 g/mol. The molecule has 2 aromatic carbocycles. The summed E-state index contributed by atoms with van der Waals surface area (Å²) in [6.45, 7) is 0. The van der Waals surface area contributed by atoms with Gasteiger partial charge in [0.05, 0.1) is 20.3 Å². The van der Waals surface area contributed by atoms with Gasteiger partial charge in [-0.3, -0.25) is 4.79 Å². The van der Waals surface area contributed by atoms with Crippen LogP contribution in [0, 0.1) is 0 Å². The molecule has 1 amide bonds. The summed E-state index contributed by atoms with van der Waals surface area (Å²) >= 11 is 5.90. The molecule has 4 rings (SSSR count). The number of carbonyl (C=O) groups is 1. The van der Waals surface area contributed by atoms with Crippen LogP contribution in [0.25, 0.3) is 0 Å². The van der Waals surface area contributed by atoms with E-state index in [1.165, 1.54) is 20.3 Å². The van der Waals surface area contributed by atoms with Crippen molar-refractivity contribution in [1.29, 1.82) is 0 Å². The Hall–Kier alpha value is -3.40. The third kappa shape index (κ3) is 4.70. The number of amides is 1. The second-order valence-corrected chi connectivity index (χ2v) is 7.86. The topological polar surface area (TPSA) is 77.4 Å². The number of carbonyl (C=O) groups excluding carboxylic acids is 1. The molecule has 2 N–H and O–H groups in total. The Labute approximate surface area is 192 Å². The Balaban J connectivity index is 1.61. The molecule has 174 valence electrons. The van der Waals surface area contributed by atoms with Crippen LogP contribution in [-0.4, -0.2) is 36.1 Å². The highest BCUT2D eigenvalue weighted by atomic mass is 35.5. The van der Waals surface area contributed by atoms with Crippen molar-refractivity contribution >= 4 is 29.0 Å². The number of fused-ring (bicyclic) bond motifs is 1. The van der Waals surface area contributed by atoms with E-state index in [0.717, 1.165) is 4.68 Å². The molecule has 0 radical (unpaired) electrons. The summed E-state index contributed by atoms with van der Waals surface area (Å²) in [5.41, 5.74) is 0.874. The largest absolute Gasteiger partial charge is 0.493 e. The van der Waals surface area contributed by atoms with E-state index in [1.54, 1.807) is 42.5 Å². The van der Waals surface area contributed by atoms with Crippen molar-refractivity contribution in [2.75, 3.05) is 24.9 Å². The lowest BCUT2D eigenvalue weighted by Gasteiger charge is -2.33. The number of anilines is 2. The zero-order chi connectivity index (χ0) is 23.8. The fraction of sp³-hybridized carbons (Fsp3) is 0.273. The van der Waals surface area contributed by atoms with E-state index in [9.17, 15) is 18.0 Å². The molecule has 2 heterocycles. The van der Waals surface area contributed by atoms with Gasteiger partial charge >= 0.3 is 6.18 Å². The maximum absolute atomic E-state index is 13.8. The molecule has 0 bridgehead atoms. The zero-order valence-corrected chi connectivity index (χ0v) is 18.4. The first-order chi connectivity index (χ1) is 15.7. The van der Waals surface area contributed by atoms with Crippen LogP contribution in [0.5, 0.6) is 11.5 Å². The van der Waals surface area contributed by atoms with Gasteiger partial charge in [-0.05, 0) is 29.8 Å². The summed E-state index contributed by atoms with van der Waals surface area (Å²) in [6, 6.07) is 10.1.